The Balaban J connectivity index is 1.89. The van der Waals surface area contributed by atoms with Gasteiger partial charge in [0.15, 0.2) is 0 Å². The SMILES string of the molecule is CCOCC(=O)N1CC[C@H](Cc2ccccc2F)[C@@H](O)C1. The van der Waals surface area contributed by atoms with Gasteiger partial charge in [0.2, 0.25) is 5.91 Å². The average Bonchev–Trinajstić information content (AvgIpc) is 2.49. The van der Waals surface area contributed by atoms with Crippen LogP contribution in [0.15, 0.2) is 24.3 Å². The molecular weight excluding hydrogens is 273 g/mol. The van der Waals surface area contributed by atoms with Crippen molar-refractivity contribution in [2.75, 3.05) is 26.3 Å². The van der Waals surface area contributed by atoms with E-state index < -0.39 is 6.10 Å². The fourth-order valence-corrected chi connectivity index (χ4v) is 2.67. The van der Waals surface area contributed by atoms with E-state index in [0.717, 1.165) is 0 Å². The fourth-order valence-electron chi connectivity index (χ4n) is 2.67. The van der Waals surface area contributed by atoms with Crippen molar-refractivity contribution in [3.63, 3.8) is 0 Å². The molecule has 1 N–H and O–H groups in total. The molecule has 1 fully saturated rings. The Morgan fingerprint density at radius 2 is 2.24 bits per heavy atom. The van der Waals surface area contributed by atoms with Gasteiger partial charge in [-0.1, -0.05) is 18.2 Å². The maximum atomic E-state index is 13.7. The van der Waals surface area contributed by atoms with Crippen LogP contribution in [-0.2, 0) is 16.0 Å². The van der Waals surface area contributed by atoms with Gasteiger partial charge in [0.1, 0.15) is 12.4 Å². The minimum atomic E-state index is -0.621. The number of β-amino-alcohol motifs (C(OH)–C–C–N with tert-alkyl or cyclic N) is 1. The number of halogens is 1. The zero-order valence-corrected chi connectivity index (χ0v) is 12.3. The number of carbonyl (C=O) groups excluding carboxylic acids is 1. The van der Waals surface area contributed by atoms with Gasteiger partial charge in [-0.15, -0.1) is 0 Å². The Labute approximate surface area is 124 Å². The molecule has 116 valence electrons. The van der Waals surface area contributed by atoms with E-state index in [1.807, 2.05) is 6.92 Å². The van der Waals surface area contributed by atoms with Gasteiger partial charge in [-0.05, 0) is 37.3 Å². The summed E-state index contributed by atoms with van der Waals surface area (Å²) in [6.45, 7) is 3.27. The van der Waals surface area contributed by atoms with Gasteiger partial charge in [0.05, 0.1) is 6.10 Å². The van der Waals surface area contributed by atoms with Crippen LogP contribution in [0.2, 0.25) is 0 Å². The Hall–Kier alpha value is -1.46. The number of ether oxygens (including phenoxy) is 1. The van der Waals surface area contributed by atoms with E-state index in [-0.39, 0.29) is 24.2 Å². The minimum Gasteiger partial charge on any atom is -0.391 e. The molecule has 1 heterocycles. The van der Waals surface area contributed by atoms with Gasteiger partial charge >= 0.3 is 0 Å². The van der Waals surface area contributed by atoms with E-state index in [2.05, 4.69) is 0 Å². The molecule has 0 saturated carbocycles. The van der Waals surface area contributed by atoms with Crippen LogP contribution in [0.1, 0.15) is 18.9 Å². The summed E-state index contributed by atoms with van der Waals surface area (Å²) in [5.74, 6) is -0.349. The first-order chi connectivity index (χ1) is 10.1. The lowest BCUT2D eigenvalue weighted by atomic mass is 9.87. The quantitative estimate of drug-likeness (QED) is 0.898. The number of aliphatic hydroxyl groups is 1. The molecular formula is C16H22FNO3. The summed E-state index contributed by atoms with van der Waals surface area (Å²) in [5.41, 5.74) is 0.621. The molecule has 1 saturated heterocycles. The van der Waals surface area contributed by atoms with Gasteiger partial charge in [-0.3, -0.25) is 4.79 Å². The third kappa shape index (κ3) is 4.25. The van der Waals surface area contributed by atoms with Crippen LogP contribution in [0.25, 0.3) is 0 Å². The summed E-state index contributed by atoms with van der Waals surface area (Å²) < 4.78 is 18.8. The van der Waals surface area contributed by atoms with Crippen molar-refractivity contribution < 1.29 is 19.0 Å². The van der Waals surface area contributed by atoms with Gasteiger partial charge in [-0.25, -0.2) is 4.39 Å². The molecule has 2 rings (SSSR count). The van der Waals surface area contributed by atoms with E-state index in [1.54, 1.807) is 23.1 Å². The van der Waals surface area contributed by atoms with Crippen molar-refractivity contribution in [3.8, 4) is 0 Å². The molecule has 1 aliphatic rings. The lowest BCUT2D eigenvalue weighted by Crippen LogP contribution is -2.48. The molecule has 0 unspecified atom stereocenters. The van der Waals surface area contributed by atoms with Crippen molar-refractivity contribution in [1.82, 2.24) is 4.90 Å². The summed E-state index contributed by atoms with van der Waals surface area (Å²) in [6.07, 6.45) is 0.554. The van der Waals surface area contributed by atoms with Gasteiger partial charge in [0.25, 0.3) is 0 Å². The molecule has 4 nitrogen and oxygen atoms in total. The molecule has 0 aliphatic carbocycles. The maximum absolute atomic E-state index is 13.7. The average molecular weight is 295 g/mol. The maximum Gasteiger partial charge on any atom is 0.248 e. The van der Waals surface area contributed by atoms with Crippen molar-refractivity contribution in [2.45, 2.75) is 25.9 Å². The predicted molar refractivity (Wildman–Crippen MR) is 77.3 cm³/mol. The second-order valence-corrected chi connectivity index (χ2v) is 5.39. The van der Waals surface area contributed by atoms with E-state index in [0.29, 0.717) is 38.1 Å². The summed E-state index contributed by atoms with van der Waals surface area (Å²) in [6, 6.07) is 6.63. The molecule has 1 aromatic rings. The van der Waals surface area contributed by atoms with Crippen LogP contribution in [-0.4, -0.2) is 48.3 Å². The van der Waals surface area contributed by atoms with E-state index in [9.17, 15) is 14.3 Å². The lowest BCUT2D eigenvalue weighted by molar-refractivity contribution is -0.140. The zero-order valence-electron chi connectivity index (χ0n) is 12.3. The first-order valence-corrected chi connectivity index (χ1v) is 7.38. The molecule has 1 aliphatic heterocycles. The largest absolute Gasteiger partial charge is 0.391 e. The standard InChI is InChI=1S/C16H22FNO3/c1-2-21-11-16(20)18-8-7-13(15(19)10-18)9-12-5-3-4-6-14(12)17/h3-6,13,15,19H,2,7-11H2,1H3/t13-,15+/m1/s1. The summed E-state index contributed by atoms with van der Waals surface area (Å²) in [7, 11) is 0. The lowest BCUT2D eigenvalue weighted by Gasteiger charge is -2.36. The first kappa shape index (κ1) is 15.9. The van der Waals surface area contributed by atoms with E-state index in [1.165, 1.54) is 6.07 Å². The Morgan fingerprint density at radius 1 is 1.48 bits per heavy atom. The third-order valence-electron chi connectivity index (χ3n) is 3.94. The van der Waals surface area contributed by atoms with Crippen molar-refractivity contribution in [2.24, 2.45) is 5.92 Å². The smallest absolute Gasteiger partial charge is 0.248 e. The van der Waals surface area contributed by atoms with Gasteiger partial charge in [-0.2, -0.15) is 0 Å². The van der Waals surface area contributed by atoms with E-state index in [4.69, 9.17) is 4.74 Å². The second-order valence-electron chi connectivity index (χ2n) is 5.39. The number of benzene rings is 1. The molecule has 0 aromatic heterocycles. The van der Waals surface area contributed by atoms with Crippen molar-refractivity contribution >= 4 is 5.91 Å². The highest BCUT2D eigenvalue weighted by atomic mass is 19.1. The number of hydrogen-bond acceptors (Lipinski definition) is 3. The summed E-state index contributed by atoms with van der Waals surface area (Å²) in [4.78, 5) is 13.5. The van der Waals surface area contributed by atoms with Crippen LogP contribution < -0.4 is 0 Å². The molecule has 2 atom stereocenters. The third-order valence-corrected chi connectivity index (χ3v) is 3.94. The Morgan fingerprint density at radius 3 is 2.90 bits per heavy atom. The zero-order chi connectivity index (χ0) is 15.2. The minimum absolute atomic E-state index is 0.0157. The fraction of sp³-hybridized carbons (Fsp3) is 0.562. The molecule has 1 aromatic carbocycles. The van der Waals surface area contributed by atoms with Crippen molar-refractivity contribution in [3.05, 3.63) is 35.6 Å². The second kappa shape index (κ2) is 7.52. The molecule has 21 heavy (non-hydrogen) atoms. The molecule has 0 spiro atoms. The van der Waals surface area contributed by atoms with Crippen LogP contribution in [0, 0.1) is 11.7 Å². The normalized spacial score (nSPS) is 22.3. The Kier molecular flexibility index (Phi) is 5.70. The number of aliphatic hydroxyl groups excluding tert-OH is 1. The summed E-state index contributed by atoms with van der Waals surface area (Å²) in [5, 5.41) is 10.2. The van der Waals surface area contributed by atoms with Gasteiger partial charge < -0.3 is 14.7 Å². The number of rotatable bonds is 5. The number of amides is 1. The number of piperidine rings is 1. The number of likely N-dealkylation sites (tertiary alicyclic amines) is 1. The summed E-state index contributed by atoms with van der Waals surface area (Å²) >= 11 is 0. The molecule has 0 bridgehead atoms. The highest BCUT2D eigenvalue weighted by Crippen LogP contribution is 2.23. The molecule has 0 radical (unpaired) electrons. The number of hydrogen-bond donors (Lipinski definition) is 1. The highest BCUT2D eigenvalue weighted by Gasteiger charge is 2.30. The van der Waals surface area contributed by atoms with E-state index >= 15 is 0 Å². The topological polar surface area (TPSA) is 49.8 Å². The number of nitrogens with zero attached hydrogens (tertiary/aromatic N) is 1. The first-order valence-electron chi connectivity index (χ1n) is 7.38. The number of carbonyl (C=O) groups is 1. The van der Waals surface area contributed by atoms with Crippen LogP contribution in [0.5, 0.6) is 0 Å². The predicted octanol–water partition coefficient (Wildman–Crippen LogP) is 1.61. The van der Waals surface area contributed by atoms with Crippen molar-refractivity contribution in [1.29, 1.82) is 0 Å². The monoisotopic (exact) mass is 295 g/mol. The molecule has 5 heteroatoms. The van der Waals surface area contributed by atoms with Crippen LogP contribution >= 0.6 is 0 Å². The van der Waals surface area contributed by atoms with Crippen LogP contribution in [0.3, 0.4) is 0 Å². The molecule has 1 amide bonds. The van der Waals surface area contributed by atoms with Gasteiger partial charge in [0, 0.05) is 19.7 Å². The van der Waals surface area contributed by atoms with Crippen LogP contribution in [0.4, 0.5) is 4.39 Å². The Bertz CT molecular complexity index is 480. The highest BCUT2D eigenvalue weighted by molar-refractivity contribution is 5.77.